The number of nitrogens with zero attached hydrogens (tertiary/aromatic N) is 6. The van der Waals surface area contributed by atoms with Crippen molar-refractivity contribution in [1.29, 1.82) is 0 Å². The number of ether oxygens (including phenoxy) is 2. The van der Waals surface area contributed by atoms with E-state index in [-0.39, 0.29) is 98.6 Å². The molecule has 4 heterocycles. The minimum Gasteiger partial charge on any atom is -0.435 e. The normalized spacial score (nSPS) is 22.0. The Bertz CT molecular complexity index is 1810. The van der Waals surface area contributed by atoms with Crippen molar-refractivity contribution in [3.63, 3.8) is 0 Å². The first-order valence-electron chi connectivity index (χ1n) is 20.0. The zero-order chi connectivity index (χ0) is 45.2. The van der Waals surface area contributed by atoms with Crippen molar-refractivity contribution >= 4 is 29.5 Å². The molecule has 0 spiro atoms. The number of nitrogens with two attached hydrogens (primary N) is 1. The third-order valence-electron chi connectivity index (χ3n) is 10.5. The highest BCUT2D eigenvalue weighted by Crippen LogP contribution is 2.30. The zero-order valence-corrected chi connectivity index (χ0v) is 34.3. The van der Waals surface area contributed by atoms with Gasteiger partial charge in [0.1, 0.15) is 35.9 Å². The minimum absolute atomic E-state index is 0.0296. The number of halogens is 7. The molecule has 0 aliphatic carbocycles. The molecular formula is C40H52F7N7O7. The molecule has 4 saturated heterocycles. The molecule has 4 atom stereocenters. The highest BCUT2D eigenvalue weighted by atomic mass is 19.4. The van der Waals surface area contributed by atoms with E-state index in [2.05, 4.69) is 9.47 Å². The lowest BCUT2D eigenvalue weighted by Gasteiger charge is -2.51. The van der Waals surface area contributed by atoms with Crippen LogP contribution < -0.4 is 15.2 Å². The summed E-state index contributed by atoms with van der Waals surface area (Å²) in [5.74, 6) is -1.27. The largest absolute Gasteiger partial charge is 0.435 e. The average molecular weight is 876 g/mol. The van der Waals surface area contributed by atoms with Crippen LogP contribution in [0.5, 0.6) is 11.5 Å². The van der Waals surface area contributed by atoms with E-state index >= 15 is 0 Å². The van der Waals surface area contributed by atoms with Crippen LogP contribution in [0.25, 0.3) is 0 Å². The number of rotatable bonds is 12. The van der Waals surface area contributed by atoms with Gasteiger partial charge < -0.3 is 39.7 Å². The molecule has 5 amide bonds. The Morgan fingerprint density at radius 3 is 1.72 bits per heavy atom. The van der Waals surface area contributed by atoms with E-state index < -0.39 is 50.2 Å². The molecule has 4 unspecified atom stereocenters. The molecule has 338 valence electrons. The molecule has 61 heavy (non-hydrogen) atoms. The van der Waals surface area contributed by atoms with Crippen molar-refractivity contribution < 1.29 is 64.2 Å². The van der Waals surface area contributed by atoms with Crippen LogP contribution in [0.4, 0.5) is 30.7 Å². The molecular weight excluding hydrogens is 823 g/mol. The third-order valence-corrected chi connectivity index (χ3v) is 10.5. The van der Waals surface area contributed by atoms with Crippen LogP contribution in [0.15, 0.2) is 48.5 Å². The maximum atomic E-state index is 13.0. The first-order chi connectivity index (χ1) is 28.9. The van der Waals surface area contributed by atoms with Crippen molar-refractivity contribution in [2.24, 2.45) is 5.73 Å². The standard InChI is InChI=1S/C20H24F5N3O3.C18H22F2N4O4.C2H6/c1-13-18(30)27(9-2-8-20(23,24)25)12-16-26(10-7-17(29)28(13)16)11-14-3-5-15(6-4-14)31-19(21)22;1-11-16(26)22(9-7-21)10-14-23(8-6-15(25)24(11)14)17(27)12-2-4-13(5-3-12)28-18(19)20;1-2/h3-6,13,16,19H,2,7-12H2,1H3;2-5,11,14,18H,6-10,21H2,1H3;1-2H3. The number of carbonyl (C=O) groups excluding carboxylic acids is 5. The molecule has 4 aliphatic heterocycles. The highest BCUT2D eigenvalue weighted by Gasteiger charge is 2.48. The first kappa shape index (κ1) is 48.5. The Morgan fingerprint density at radius 2 is 1.21 bits per heavy atom. The van der Waals surface area contributed by atoms with Crippen LogP contribution in [0.3, 0.4) is 0 Å². The van der Waals surface area contributed by atoms with Crippen LogP contribution >= 0.6 is 0 Å². The Labute approximate surface area is 349 Å². The van der Waals surface area contributed by atoms with Gasteiger partial charge in [-0.2, -0.15) is 30.7 Å². The summed E-state index contributed by atoms with van der Waals surface area (Å²) in [5, 5.41) is 0. The number of carbonyl (C=O) groups is 5. The van der Waals surface area contributed by atoms with E-state index in [1.54, 1.807) is 30.9 Å². The van der Waals surface area contributed by atoms with Crippen LogP contribution in [0.1, 0.15) is 69.3 Å². The fraction of sp³-hybridized carbons (Fsp3) is 0.575. The molecule has 4 aliphatic rings. The van der Waals surface area contributed by atoms with Crippen LogP contribution in [-0.4, -0.2) is 149 Å². The van der Waals surface area contributed by atoms with E-state index in [1.807, 2.05) is 18.7 Å². The Balaban J connectivity index is 0.000000259. The van der Waals surface area contributed by atoms with E-state index in [0.29, 0.717) is 19.6 Å². The summed E-state index contributed by atoms with van der Waals surface area (Å²) in [4.78, 5) is 72.4. The number of amides is 5. The zero-order valence-electron chi connectivity index (χ0n) is 34.3. The summed E-state index contributed by atoms with van der Waals surface area (Å²) in [6.45, 7) is 3.28. The Kier molecular flexibility index (Phi) is 17.1. The molecule has 2 aromatic carbocycles. The molecule has 6 rings (SSSR count). The molecule has 14 nitrogen and oxygen atoms in total. The van der Waals surface area contributed by atoms with Gasteiger partial charge in [-0.25, -0.2) is 0 Å². The van der Waals surface area contributed by atoms with Gasteiger partial charge in [0.05, 0.1) is 13.1 Å². The van der Waals surface area contributed by atoms with Crippen molar-refractivity contribution in [3.8, 4) is 11.5 Å². The van der Waals surface area contributed by atoms with E-state index in [9.17, 15) is 54.7 Å². The maximum absolute atomic E-state index is 13.0. The van der Waals surface area contributed by atoms with E-state index in [1.165, 1.54) is 56.0 Å². The summed E-state index contributed by atoms with van der Waals surface area (Å²) in [6, 6.07) is 10.0. The molecule has 4 fully saturated rings. The second-order valence-corrected chi connectivity index (χ2v) is 14.4. The molecule has 2 aromatic rings. The number of fused-ring (bicyclic) bond motifs is 2. The van der Waals surface area contributed by atoms with Gasteiger partial charge in [-0.15, -0.1) is 0 Å². The van der Waals surface area contributed by atoms with Gasteiger partial charge in [-0.05, 0) is 62.2 Å². The number of hydrogen-bond acceptors (Lipinski definition) is 9. The van der Waals surface area contributed by atoms with E-state index in [0.717, 1.165) is 5.56 Å². The highest BCUT2D eigenvalue weighted by molar-refractivity contribution is 5.97. The maximum Gasteiger partial charge on any atom is 0.389 e. The number of benzene rings is 2. The second kappa shape index (κ2) is 21.6. The summed E-state index contributed by atoms with van der Waals surface area (Å²) < 4.78 is 95.3. The lowest BCUT2D eigenvalue weighted by molar-refractivity contribution is -0.170. The third kappa shape index (κ3) is 12.5. The fourth-order valence-corrected chi connectivity index (χ4v) is 7.75. The van der Waals surface area contributed by atoms with Gasteiger partial charge in [-0.1, -0.05) is 26.0 Å². The van der Waals surface area contributed by atoms with Crippen LogP contribution in [0.2, 0.25) is 0 Å². The van der Waals surface area contributed by atoms with Crippen molar-refractivity contribution in [1.82, 2.24) is 29.4 Å². The summed E-state index contributed by atoms with van der Waals surface area (Å²) >= 11 is 0. The van der Waals surface area contributed by atoms with Gasteiger partial charge in [0.25, 0.3) is 5.91 Å². The minimum atomic E-state index is -4.29. The number of piperazine rings is 2. The quantitative estimate of drug-likeness (QED) is 0.299. The van der Waals surface area contributed by atoms with Crippen LogP contribution in [-0.2, 0) is 25.7 Å². The summed E-state index contributed by atoms with van der Waals surface area (Å²) in [6.07, 6.45) is -6.19. The Hall–Kier alpha value is -5.18. The van der Waals surface area contributed by atoms with E-state index in [4.69, 9.17) is 5.73 Å². The topological polar surface area (TPSA) is 149 Å². The molecule has 0 aromatic heterocycles. The van der Waals surface area contributed by atoms with Crippen molar-refractivity contribution in [2.75, 3.05) is 45.8 Å². The van der Waals surface area contributed by atoms with Crippen LogP contribution in [0, 0.1) is 0 Å². The molecule has 0 radical (unpaired) electrons. The molecule has 0 bridgehead atoms. The van der Waals surface area contributed by atoms with Gasteiger partial charge in [0, 0.05) is 64.1 Å². The Morgan fingerprint density at radius 1 is 0.738 bits per heavy atom. The first-order valence-corrected chi connectivity index (χ1v) is 20.0. The van der Waals surface area contributed by atoms with Gasteiger partial charge in [-0.3, -0.25) is 28.9 Å². The van der Waals surface area contributed by atoms with Gasteiger partial charge in [0.15, 0.2) is 0 Å². The lowest BCUT2D eigenvalue weighted by atomic mass is 10.0. The lowest BCUT2D eigenvalue weighted by Crippen LogP contribution is -2.70. The average Bonchev–Trinajstić information content (AvgIpc) is 3.20. The van der Waals surface area contributed by atoms with Gasteiger partial charge >= 0.3 is 19.4 Å². The van der Waals surface area contributed by atoms with Gasteiger partial charge in [0.2, 0.25) is 23.6 Å². The predicted octanol–water partition coefficient (Wildman–Crippen LogP) is 4.73. The van der Waals surface area contributed by atoms with Crippen molar-refractivity contribution in [3.05, 3.63) is 59.7 Å². The smallest absolute Gasteiger partial charge is 0.389 e. The molecule has 2 N–H and O–H groups in total. The summed E-state index contributed by atoms with van der Waals surface area (Å²) in [5.41, 5.74) is 6.65. The second-order valence-electron chi connectivity index (χ2n) is 14.4. The monoisotopic (exact) mass is 875 g/mol. The molecule has 0 saturated carbocycles. The predicted molar refractivity (Wildman–Crippen MR) is 206 cm³/mol. The number of alkyl halides is 7. The molecule has 21 heteroatoms. The fourth-order valence-electron chi connectivity index (χ4n) is 7.75. The summed E-state index contributed by atoms with van der Waals surface area (Å²) in [7, 11) is 0. The SMILES string of the molecule is CC.CC1C(=O)N(CCCC(F)(F)F)CC2N(Cc3ccc(OC(F)F)cc3)CCC(=O)N12.CC1C(=O)N(CCN)CC2N(C(=O)c3ccc(OC(F)F)cc3)CCC(=O)N12. The van der Waals surface area contributed by atoms with Crippen molar-refractivity contribution in [2.45, 2.75) is 104 Å². The number of hydrogen-bond donors (Lipinski definition) is 1.